The number of carbonyl (C=O) groups excluding carboxylic acids is 1. The maximum atomic E-state index is 13.7. The largest absolute Gasteiger partial charge is 0.308 e. The van der Waals surface area contributed by atoms with Gasteiger partial charge in [0.25, 0.3) is 10.0 Å². The zero-order valence-corrected chi connectivity index (χ0v) is 23.0. The summed E-state index contributed by atoms with van der Waals surface area (Å²) in [5.41, 5.74) is 3.19. The van der Waals surface area contributed by atoms with E-state index < -0.39 is 10.0 Å². The van der Waals surface area contributed by atoms with Gasteiger partial charge in [0.05, 0.1) is 14.6 Å². The van der Waals surface area contributed by atoms with Gasteiger partial charge in [-0.2, -0.15) is 4.31 Å². The number of halogens is 1. The first kappa shape index (κ1) is 25.5. The van der Waals surface area contributed by atoms with Crippen LogP contribution in [0.3, 0.4) is 0 Å². The van der Waals surface area contributed by atoms with Crippen LogP contribution in [-0.4, -0.2) is 68.8 Å². The molecule has 11 heteroatoms. The third-order valence-corrected chi connectivity index (χ3v) is 11.0. The number of thiazole rings is 1. The number of thiophene rings is 1. The number of likely N-dealkylation sites (N-methyl/N-ethyl adjacent to an activating group) is 1. The van der Waals surface area contributed by atoms with Crippen molar-refractivity contribution in [2.75, 3.05) is 45.2 Å². The second-order valence-corrected chi connectivity index (χ2v) is 13.8. The van der Waals surface area contributed by atoms with Crippen molar-refractivity contribution >= 4 is 65.6 Å². The Hall–Kier alpha value is -1.56. The zero-order chi connectivity index (χ0) is 24.6. The van der Waals surface area contributed by atoms with Crippen molar-refractivity contribution in [2.24, 2.45) is 5.92 Å². The molecule has 1 amide bonds. The highest BCUT2D eigenvalue weighted by atomic mass is 35.5. The fourth-order valence-corrected chi connectivity index (χ4v) is 8.34. The molecule has 1 aliphatic rings. The number of carbonyl (C=O) groups is 1. The number of benzene rings is 1. The molecule has 0 bridgehead atoms. The van der Waals surface area contributed by atoms with Crippen molar-refractivity contribution < 1.29 is 13.2 Å². The van der Waals surface area contributed by atoms with Crippen LogP contribution in [0.4, 0.5) is 5.13 Å². The molecule has 7 nitrogen and oxygen atoms in total. The van der Waals surface area contributed by atoms with Gasteiger partial charge >= 0.3 is 0 Å². The number of hydrogen-bond donors (Lipinski definition) is 0. The molecule has 3 aromatic rings. The van der Waals surface area contributed by atoms with E-state index in [0.717, 1.165) is 32.7 Å². The number of anilines is 1. The molecular weight excluding hydrogens is 512 g/mol. The first-order valence-corrected chi connectivity index (χ1v) is 14.6. The highest BCUT2D eigenvalue weighted by molar-refractivity contribution is 7.91. The standard InChI is InChI=1S/C23H29ClN4O3S3/c1-15-5-6-16(2)21-20(15)25-23(33-21)28(14-13-26(3)4)22(29)17-9-11-27(12-10-17)34(30,31)19-8-7-18(24)32-19/h5-8,17H,9-14H2,1-4H3. The molecule has 1 fully saturated rings. The summed E-state index contributed by atoms with van der Waals surface area (Å²) >= 11 is 8.55. The molecule has 0 spiro atoms. The number of aryl methyl sites for hydroxylation is 2. The van der Waals surface area contributed by atoms with Crippen LogP contribution in [-0.2, 0) is 14.8 Å². The maximum Gasteiger partial charge on any atom is 0.252 e. The van der Waals surface area contributed by atoms with E-state index >= 15 is 0 Å². The molecule has 0 N–H and O–H groups in total. The van der Waals surface area contributed by atoms with Gasteiger partial charge < -0.3 is 4.90 Å². The first-order chi connectivity index (χ1) is 16.1. The third kappa shape index (κ3) is 5.17. The Morgan fingerprint density at radius 3 is 2.35 bits per heavy atom. The van der Waals surface area contributed by atoms with Gasteiger partial charge in [-0.1, -0.05) is 35.1 Å². The van der Waals surface area contributed by atoms with Gasteiger partial charge in [-0.25, -0.2) is 13.4 Å². The number of amides is 1. The van der Waals surface area contributed by atoms with Crippen molar-refractivity contribution in [3.8, 4) is 0 Å². The smallest absolute Gasteiger partial charge is 0.252 e. The number of aromatic nitrogens is 1. The van der Waals surface area contributed by atoms with E-state index in [1.54, 1.807) is 28.4 Å². The quantitative estimate of drug-likeness (QED) is 0.437. The molecule has 1 aromatic carbocycles. The van der Waals surface area contributed by atoms with Crippen LogP contribution in [0.2, 0.25) is 4.34 Å². The third-order valence-electron chi connectivity index (χ3n) is 6.14. The van der Waals surface area contributed by atoms with Gasteiger partial charge in [-0.15, -0.1) is 11.3 Å². The van der Waals surface area contributed by atoms with Crippen LogP contribution < -0.4 is 4.90 Å². The van der Waals surface area contributed by atoms with Crippen LogP contribution in [0.5, 0.6) is 0 Å². The van der Waals surface area contributed by atoms with E-state index in [9.17, 15) is 13.2 Å². The topological polar surface area (TPSA) is 73.8 Å². The van der Waals surface area contributed by atoms with Crippen molar-refractivity contribution in [1.29, 1.82) is 0 Å². The Bertz CT molecular complexity index is 1260. The normalized spacial score (nSPS) is 15.9. The molecular formula is C23H29ClN4O3S3. The number of fused-ring (bicyclic) bond motifs is 1. The number of rotatable bonds is 7. The summed E-state index contributed by atoms with van der Waals surface area (Å²) in [7, 11) is 0.378. The molecule has 0 saturated carbocycles. The summed E-state index contributed by atoms with van der Waals surface area (Å²) < 4.78 is 29.1. The van der Waals surface area contributed by atoms with E-state index in [1.807, 2.05) is 25.9 Å². The van der Waals surface area contributed by atoms with Crippen molar-refractivity contribution in [2.45, 2.75) is 30.9 Å². The van der Waals surface area contributed by atoms with Crippen molar-refractivity contribution in [3.05, 3.63) is 39.7 Å². The highest BCUT2D eigenvalue weighted by Gasteiger charge is 2.35. The first-order valence-electron chi connectivity index (χ1n) is 11.2. The van der Waals surface area contributed by atoms with Crippen LogP contribution in [0.15, 0.2) is 28.5 Å². The minimum absolute atomic E-state index is 0.0208. The van der Waals surface area contributed by atoms with Crippen LogP contribution in [0.25, 0.3) is 10.2 Å². The predicted octanol–water partition coefficient (Wildman–Crippen LogP) is 4.62. The van der Waals surface area contributed by atoms with E-state index in [0.29, 0.717) is 48.5 Å². The SMILES string of the molecule is Cc1ccc(C)c2sc(N(CCN(C)C)C(=O)C3CCN(S(=O)(=O)c4ccc(Cl)s4)CC3)nc12. The van der Waals surface area contributed by atoms with Gasteiger partial charge in [-0.3, -0.25) is 9.69 Å². The zero-order valence-electron chi connectivity index (χ0n) is 19.7. The van der Waals surface area contributed by atoms with Gasteiger partial charge in [0.2, 0.25) is 5.91 Å². The second-order valence-electron chi connectivity index (χ2n) is 8.90. The molecule has 4 rings (SSSR count). The van der Waals surface area contributed by atoms with E-state index in [1.165, 1.54) is 4.31 Å². The Balaban J connectivity index is 1.54. The fourth-order valence-electron chi connectivity index (χ4n) is 4.09. The second kappa shape index (κ2) is 10.2. The molecule has 0 atom stereocenters. The molecule has 1 aliphatic heterocycles. The fraction of sp³-hybridized carbons (Fsp3) is 0.478. The highest BCUT2D eigenvalue weighted by Crippen LogP contribution is 2.35. The Kier molecular flexibility index (Phi) is 7.66. The lowest BCUT2D eigenvalue weighted by molar-refractivity contribution is -0.123. The molecule has 3 heterocycles. The minimum atomic E-state index is -3.59. The summed E-state index contributed by atoms with van der Waals surface area (Å²) in [5, 5.41) is 0.711. The molecule has 34 heavy (non-hydrogen) atoms. The average Bonchev–Trinajstić information content (AvgIpc) is 3.44. The molecule has 0 radical (unpaired) electrons. The van der Waals surface area contributed by atoms with Crippen LogP contribution in [0, 0.1) is 19.8 Å². The Morgan fingerprint density at radius 2 is 1.76 bits per heavy atom. The van der Waals surface area contributed by atoms with Gasteiger partial charge in [0.1, 0.15) is 4.21 Å². The lowest BCUT2D eigenvalue weighted by Gasteiger charge is -2.33. The van der Waals surface area contributed by atoms with Gasteiger partial charge in [0.15, 0.2) is 5.13 Å². The van der Waals surface area contributed by atoms with Crippen molar-refractivity contribution in [3.63, 3.8) is 0 Å². The number of hydrogen-bond acceptors (Lipinski definition) is 7. The molecule has 1 saturated heterocycles. The lowest BCUT2D eigenvalue weighted by atomic mass is 9.96. The average molecular weight is 541 g/mol. The van der Waals surface area contributed by atoms with Crippen LogP contribution in [0.1, 0.15) is 24.0 Å². The van der Waals surface area contributed by atoms with E-state index in [-0.39, 0.29) is 16.0 Å². The summed E-state index contributed by atoms with van der Waals surface area (Å²) in [6.07, 6.45) is 0.969. The van der Waals surface area contributed by atoms with Crippen LogP contribution >= 0.6 is 34.3 Å². The molecule has 0 unspecified atom stereocenters. The Labute approximate surface area is 214 Å². The number of sulfonamides is 1. The lowest BCUT2D eigenvalue weighted by Crippen LogP contribution is -2.45. The summed E-state index contributed by atoms with van der Waals surface area (Å²) in [6.45, 7) is 5.98. The molecule has 2 aromatic heterocycles. The molecule has 184 valence electrons. The minimum Gasteiger partial charge on any atom is -0.308 e. The molecule has 0 aliphatic carbocycles. The predicted molar refractivity (Wildman–Crippen MR) is 141 cm³/mol. The van der Waals surface area contributed by atoms with Crippen molar-refractivity contribution in [1.82, 2.24) is 14.2 Å². The summed E-state index contributed by atoms with van der Waals surface area (Å²) in [5.74, 6) is -0.220. The number of piperidine rings is 1. The Morgan fingerprint density at radius 1 is 1.09 bits per heavy atom. The van der Waals surface area contributed by atoms with Gasteiger partial charge in [-0.05, 0) is 64.0 Å². The van der Waals surface area contributed by atoms with Gasteiger partial charge in [0, 0.05) is 32.1 Å². The monoisotopic (exact) mass is 540 g/mol. The van der Waals surface area contributed by atoms with E-state index in [4.69, 9.17) is 16.6 Å². The summed E-state index contributed by atoms with van der Waals surface area (Å²) in [4.78, 5) is 22.4. The summed E-state index contributed by atoms with van der Waals surface area (Å²) in [6, 6.07) is 7.28. The maximum absolute atomic E-state index is 13.7. The van der Waals surface area contributed by atoms with E-state index in [2.05, 4.69) is 19.1 Å². The number of nitrogens with zero attached hydrogens (tertiary/aromatic N) is 4.